The summed E-state index contributed by atoms with van der Waals surface area (Å²) in [6, 6.07) is 4.42. The third-order valence-electron chi connectivity index (χ3n) is 3.22. The molecule has 3 rings (SSSR count). The number of hydrogen-bond donors (Lipinski definition) is 2. The average molecular weight is 308 g/mol. The number of thiazole rings is 1. The zero-order valence-electron chi connectivity index (χ0n) is 11.1. The first-order chi connectivity index (χ1) is 9.69. The van der Waals surface area contributed by atoms with E-state index in [1.807, 2.05) is 16.3 Å². The molecule has 2 aromatic rings. The monoisotopic (exact) mass is 308 g/mol. The van der Waals surface area contributed by atoms with Crippen LogP contribution < -0.4 is 11.1 Å². The van der Waals surface area contributed by atoms with Gasteiger partial charge in [0.1, 0.15) is 10.7 Å². The number of carbonyl (C=O) groups excluding carboxylic acids is 1. The molecular formula is C13H16N4OS2. The zero-order valence-corrected chi connectivity index (χ0v) is 12.8. The molecule has 0 unspecified atom stereocenters. The minimum Gasteiger partial charge on any atom is -0.382 e. The van der Waals surface area contributed by atoms with Crippen LogP contribution in [0.3, 0.4) is 0 Å². The average Bonchev–Trinajstić information content (AvgIpc) is 3.01. The van der Waals surface area contributed by atoms with Gasteiger partial charge in [-0.25, -0.2) is 4.98 Å². The van der Waals surface area contributed by atoms with E-state index in [9.17, 15) is 4.79 Å². The molecule has 5 nitrogen and oxygen atoms in total. The number of amides is 1. The maximum absolute atomic E-state index is 12.7. The van der Waals surface area contributed by atoms with Crippen molar-refractivity contribution in [2.75, 3.05) is 18.1 Å². The van der Waals surface area contributed by atoms with Gasteiger partial charge in [0.15, 0.2) is 5.13 Å². The van der Waals surface area contributed by atoms with Gasteiger partial charge in [-0.3, -0.25) is 4.79 Å². The van der Waals surface area contributed by atoms with Crippen molar-refractivity contribution in [3.8, 4) is 0 Å². The highest BCUT2D eigenvalue weighted by Gasteiger charge is 2.35. The summed E-state index contributed by atoms with van der Waals surface area (Å²) in [6.07, 6.45) is 2.16. The van der Waals surface area contributed by atoms with Crippen molar-refractivity contribution in [1.82, 2.24) is 9.88 Å². The number of carbonyl (C=O) groups is 1. The van der Waals surface area contributed by atoms with E-state index in [1.165, 1.54) is 16.2 Å². The standard InChI is InChI=1S/C13H16N4OS2/c1-15-13-16-11(14)10(20-13)12(18)17(8-4-5-8)7-9-3-2-6-19-9/h2-3,6,8H,4-5,7,14H2,1H3,(H,15,16). The molecule has 0 aromatic carbocycles. The van der Waals surface area contributed by atoms with Crippen molar-refractivity contribution in [3.63, 3.8) is 0 Å². The highest BCUT2D eigenvalue weighted by Crippen LogP contribution is 2.33. The predicted molar refractivity (Wildman–Crippen MR) is 83.3 cm³/mol. The fraction of sp³-hybridized carbons (Fsp3) is 0.385. The molecular weight excluding hydrogens is 292 g/mol. The van der Waals surface area contributed by atoms with Crippen LogP contribution in [0.15, 0.2) is 17.5 Å². The van der Waals surface area contributed by atoms with Gasteiger partial charge >= 0.3 is 0 Å². The molecule has 0 radical (unpaired) electrons. The number of nitrogen functional groups attached to an aromatic ring is 1. The minimum atomic E-state index is -0.00241. The lowest BCUT2D eigenvalue weighted by atomic mass is 10.3. The number of thiophene rings is 1. The van der Waals surface area contributed by atoms with Crippen LogP contribution >= 0.6 is 22.7 Å². The van der Waals surface area contributed by atoms with Gasteiger partial charge < -0.3 is 16.0 Å². The molecule has 2 aromatic heterocycles. The third-order valence-corrected chi connectivity index (χ3v) is 5.15. The van der Waals surface area contributed by atoms with Gasteiger partial charge in [0, 0.05) is 18.0 Å². The second-order valence-electron chi connectivity index (χ2n) is 4.73. The lowest BCUT2D eigenvalue weighted by molar-refractivity contribution is 0.0737. The second kappa shape index (κ2) is 5.41. The van der Waals surface area contributed by atoms with Crippen LogP contribution in [0.2, 0.25) is 0 Å². The smallest absolute Gasteiger partial charge is 0.268 e. The Morgan fingerprint density at radius 3 is 2.95 bits per heavy atom. The summed E-state index contributed by atoms with van der Waals surface area (Å²) in [7, 11) is 1.77. The molecule has 7 heteroatoms. The minimum absolute atomic E-state index is 0.00241. The number of rotatable bonds is 5. The molecule has 1 aliphatic rings. The van der Waals surface area contributed by atoms with E-state index in [1.54, 1.807) is 18.4 Å². The van der Waals surface area contributed by atoms with E-state index >= 15 is 0 Å². The molecule has 0 atom stereocenters. The molecule has 0 spiro atoms. The van der Waals surface area contributed by atoms with Gasteiger partial charge in [-0.05, 0) is 24.3 Å². The van der Waals surface area contributed by atoms with Crippen molar-refractivity contribution in [2.24, 2.45) is 0 Å². The summed E-state index contributed by atoms with van der Waals surface area (Å²) in [5.74, 6) is 0.318. The Balaban J connectivity index is 1.83. The maximum Gasteiger partial charge on any atom is 0.268 e. The van der Waals surface area contributed by atoms with Gasteiger partial charge in [0.05, 0.1) is 6.54 Å². The summed E-state index contributed by atoms with van der Waals surface area (Å²) in [6.45, 7) is 0.660. The Morgan fingerprint density at radius 1 is 1.60 bits per heavy atom. The first-order valence-corrected chi connectivity index (χ1v) is 8.16. The van der Waals surface area contributed by atoms with E-state index in [2.05, 4.69) is 16.4 Å². The number of nitrogens with one attached hydrogen (secondary N) is 1. The number of nitrogens with zero attached hydrogens (tertiary/aromatic N) is 2. The summed E-state index contributed by atoms with van der Waals surface area (Å²) in [4.78, 5) is 20.5. The van der Waals surface area contributed by atoms with Crippen molar-refractivity contribution >= 4 is 39.5 Å². The topological polar surface area (TPSA) is 71.2 Å². The third kappa shape index (κ3) is 2.64. The van der Waals surface area contributed by atoms with Crippen LogP contribution in [0.4, 0.5) is 10.9 Å². The lowest BCUT2D eigenvalue weighted by Gasteiger charge is -2.21. The van der Waals surface area contributed by atoms with Gasteiger partial charge in [-0.2, -0.15) is 0 Å². The Kier molecular flexibility index (Phi) is 3.62. The first kappa shape index (κ1) is 13.4. The normalized spacial score (nSPS) is 14.2. The van der Waals surface area contributed by atoms with E-state index < -0.39 is 0 Å². The predicted octanol–water partition coefficient (Wildman–Crippen LogP) is 2.63. The van der Waals surface area contributed by atoms with E-state index in [0.717, 1.165) is 12.8 Å². The SMILES string of the molecule is CNc1nc(N)c(C(=O)N(Cc2cccs2)C2CC2)s1. The van der Waals surface area contributed by atoms with Crippen LogP contribution in [0, 0.1) is 0 Å². The molecule has 20 heavy (non-hydrogen) atoms. The van der Waals surface area contributed by atoms with E-state index in [4.69, 9.17) is 5.73 Å². The fourth-order valence-electron chi connectivity index (χ4n) is 2.05. The highest BCUT2D eigenvalue weighted by molar-refractivity contribution is 7.18. The largest absolute Gasteiger partial charge is 0.382 e. The second-order valence-corrected chi connectivity index (χ2v) is 6.76. The summed E-state index contributed by atoms with van der Waals surface area (Å²) in [5, 5.41) is 5.64. The molecule has 2 heterocycles. The van der Waals surface area contributed by atoms with Crippen LogP contribution in [0.25, 0.3) is 0 Å². The first-order valence-electron chi connectivity index (χ1n) is 6.46. The number of aromatic nitrogens is 1. The molecule has 1 saturated carbocycles. The molecule has 3 N–H and O–H groups in total. The van der Waals surface area contributed by atoms with Gasteiger partial charge in [0.2, 0.25) is 0 Å². The van der Waals surface area contributed by atoms with Crippen LogP contribution in [-0.2, 0) is 6.54 Å². The van der Waals surface area contributed by atoms with E-state index in [0.29, 0.717) is 28.4 Å². The molecule has 0 aliphatic heterocycles. The van der Waals surface area contributed by atoms with Crippen molar-refractivity contribution < 1.29 is 4.79 Å². The Hall–Kier alpha value is -1.60. The van der Waals surface area contributed by atoms with Crippen molar-refractivity contribution in [1.29, 1.82) is 0 Å². The highest BCUT2D eigenvalue weighted by atomic mass is 32.1. The van der Waals surface area contributed by atoms with Gasteiger partial charge in [-0.15, -0.1) is 11.3 Å². The lowest BCUT2D eigenvalue weighted by Crippen LogP contribution is -2.32. The maximum atomic E-state index is 12.7. The Morgan fingerprint density at radius 2 is 2.40 bits per heavy atom. The van der Waals surface area contributed by atoms with Gasteiger partial charge in [0.25, 0.3) is 5.91 Å². The van der Waals surface area contributed by atoms with Crippen molar-refractivity contribution in [2.45, 2.75) is 25.4 Å². The Bertz CT molecular complexity index is 604. The molecule has 106 valence electrons. The molecule has 1 amide bonds. The number of hydrogen-bond acceptors (Lipinski definition) is 6. The van der Waals surface area contributed by atoms with Crippen LogP contribution in [0.1, 0.15) is 27.4 Å². The van der Waals surface area contributed by atoms with Crippen molar-refractivity contribution in [3.05, 3.63) is 27.3 Å². The zero-order chi connectivity index (χ0) is 14.1. The number of nitrogens with two attached hydrogens (primary N) is 1. The summed E-state index contributed by atoms with van der Waals surface area (Å²) < 4.78 is 0. The molecule has 1 fully saturated rings. The fourth-order valence-corrected chi connectivity index (χ4v) is 3.54. The molecule has 1 aliphatic carbocycles. The van der Waals surface area contributed by atoms with Crippen LogP contribution in [0.5, 0.6) is 0 Å². The Labute approximate surface area is 125 Å². The van der Waals surface area contributed by atoms with Gasteiger partial charge in [-0.1, -0.05) is 17.4 Å². The summed E-state index contributed by atoms with van der Waals surface area (Å²) >= 11 is 2.99. The quantitative estimate of drug-likeness (QED) is 0.891. The summed E-state index contributed by atoms with van der Waals surface area (Å²) in [5.41, 5.74) is 5.86. The number of anilines is 2. The molecule has 0 bridgehead atoms. The molecule has 0 saturated heterocycles. The van der Waals surface area contributed by atoms with E-state index in [-0.39, 0.29) is 5.91 Å². The van der Waals surface area contributed by atoms with Crippen LogP contribution in [-0.4, -0.2) is 28.9 Å².